The van der Waals surface area contributed by atoms with Crippen molar-refractivity contribution in [2.45, 2.75) is 1.43 Å². The van der Waals surface area contributed by atoms with E-state index in [4.69, 9.17) is 0 Å². The van der Waals surface area contributed by atoms with Gasteiger partial charge in [0, 0.05) is 29.5 Å². The molecule has 0 unspecified atom stereocenters. The van der Waals surface area contributed by atoms with Gasteiger partial charge in [0.15, 0.2) is 0 Å². The van der Waals surface area contributed by atoms with Crippen LogP contribution in [0.15, 0.2) is 48.5 Å². The fourth-order valence-electron chi connectivity index (χ4n) is 2.34. The molecule has 0 atom stereocenters. The van der Waals surface area contributed by atoms with Crippen LogP contribution >= 0.6 is 45.2 Å². The van der Waals surface area contributed by atoms with E-state index in [0.717, 1.165) is 0 Å². The van der Waals surface area contributed by atoms with E-state index in [9.17, 15) is 0 Å². The highest BCUT2D eigenvalue weighted by Crippen LogP contribution is 2.55. The van der Waals surface area contributed by atoms with Crippen molar-refractivity contribution >= 4 is 56.6 Å². The average molecular weight is 447 g/mol. The first kappa shape index (κ1) is 11.8. The lowest BCUT2D eigenvalue weighted by Gasteiger charge is -2.37. The Balaban J connectivity index is 2.34. The smallest absolute Gasteiger partial charge is 0.127 e. The third-order valence-corrected chi connectivity index (χ3v) is 5.53. The molecule has 1 aliphatic rings. The Hall–Kier alpha value is -0.300. The van der Waals surface area contributed by atoms with Crippen LogP contribution in [0, 0.1) is 0 Å². The van der Waals surface area contributed by atoms with Crippen LogP contribution in [0.25, 0.3) is 0 Å². The molecule has 0 fully saturated rings. The summed E-state index contributed by atoms with van der Waals surface area (Å²) in [7, 11) is 2.14. The maximum atomic E-state index is 2.54. The Labute approximate surface area is 128 Å². The predicted octanol–water partition coefficient (Wildman–Crippen LogP) is 4.84. The van der Waals surface area contributed by atoms with E-state index in [1.807, 2.05) is 0 Å². The normalized spacial score (nSPS) is 16.3. The van der Waals surface area contributed by atoms with Crippen molar-refractivity contribution in [2.75, 3.05) is 11.9 Å². The molecule has 0 radical (unpaired) electrons. The van der Waals surface area contributed by atoms with Gasteiger partial charge in [-0.25, -0.2) is 0 Å². The van der Waals surface area contributed by atoms with E-state index < -0.39 is 0 Å². The van der Waals surface area contributed by atoms with Crippen molar-refractivity contribution in [1.82, 2.24) is 0 Å². The van der Waals surface area contributed by atoms with E-state index >= 15 is 0 Å². The molecule has 2 aromatic rings. The molecule has 0 saturated heterocycles. The highest BCUT2D eigenvalue weighted by Gasteiger charge is 2.37. The number of nitrogens with zero attached hydrogens (tertiary/aromatic N) is 1. The largest absolute Gasteiger partial charge is 0.344 e. The molecule has 0 aromatic heterocycles. The number of alkyl halides is 2. The van der Waals surface area contributed by atoms with Crippen LogP contribution < -0.4 is 4.90 Å². The molecule has 0 N–H and O–H groups in total. The predicted molar refractivity (Wildman–Crippen MR) is 89.8 cm³/mol. The van der Waals surface area contributed by atoms with Gasteiger partial charge in [0.1, 0.15) is 1.43 Å². The van der Waals surface area contributed by atoms with E-state index in [2.05, 4.69) is 106 Å². The molecule has 86 valence electrons. The summed E-state index contributed by atoms with van der Waals surface area (Å²) in [4.78, 5) is 2.28. The van der Waals surface area contributed by atoms with Crippen molar-refractivity contribution in [2.24, 2.45) is 0 Å². The van der Waals surface area contributed by atoms with Crippen LogP contribution in [0.1, 0.15) is 11.1 Å². The Morgan fingerprint density at radius 1 is 0.824 bits per heavy atom. The second kappa shape index (κ2) is 4.12. The van der Waals surface area contributed by atoms with Gasteiger partial charge < -0.3 is 4.90 Å². The summed E-state index contributed by atoms with van der Waals surface area (Å²) in [5, 5.41) is 0. The number of anilines is 2. The van der Waals surface area contributed by atoms with Crippen LogP contribution in [0.5, 0.6) is 0 Å². The number of halogens is 2. The highest BCUT2D eigenvalue weighted by atomic mass is 127. The molecule has 3 heteroatoms. The minimum atomic E-state index is 0.0230. The summed E-state index contributed by atoms with van der Waals surface area (Å²) in [5.74, 6) is 0. The summed E-state index contributed by atoms with van der Waals surface area (Å²) < 4.78 is 0.0230. The Kier molecular flexibility index (Phi) is 2.85. The number of benzene rings is 2. The number of para-hydroxylation sites is 2. The number of hydrogen-bond acceptors (Lipinski definition) is 1. The first-order valence-corrected chi connectivity index (χ1v) is 7.58. The number of hydrogen-bond donors (Lipinski definition) is 0. The van der Waals surface area contributed by atoms with Crippen molar-refractivity contribution in [1.29, 1.82) is 0 Å². The second-order valence-corrected chi connectivity index (χ2v) is 9.47. The topological polar surface area (TPSA) is 3.24 Å². The molecule has 1 aliphatic heterocycles. The van der Waals surface area contributed by atoms with Gasteiger partial charge in [-0.05, 0) is 12.1 Å². The van der Waals surface area contributed by atoms with Crippen molar-refractivity contribution in [3.05, 3.63) is 59.7 Å². The Morgan fingerprint density at radius 3 is 1.71 bits per heavy atom. The molecular formula is C14H11I2N. The third kappa shape index (κ3) is 1.69. The summed E-state index contributed by atoms with van der Waals surface area (Å²) in [6, 6.07) is 17.3. The Bertz CT molecular complexity index is 528. The molecule has 3 rings (SSSR count). The van der Waals surface area contributed by atoms with E-state index in [1.165, 1.54) is 22.5 Å². The molecule has 1 heterocycles. The lowest BCUT2D eigenvalue weighted by molar-refractivity contribution is 1.04. The number of fused-ring (bicyclic) bond motifs is 2. The first-order valence-electron chi connectivity index (χ1n) is 5.43. The highest BCUT2D eigenvalue weighted by molar-refractivity contribution is 14.2. The first-order chi connectivity index (χ1) is 8.12. The zero-order valence-electron chi connectivity index (χ0n) is 9.32. The average Bonchev–Trinajstić information content (AvgIpc) is 2.37. The summed E-state index contributed by atoms with van der Waals surface area (Å²) >= 11 is 5.09. The zero-order chi connectivity index (χ0) is 12.0. The van der Waals surface area contributed by atoms with Gasteiger partial charge in [0.25, 0.3) is 0 Å². The molecule has 17 heavy (non-hydrogen) atoms. The van der Waals surface area contributed by atoms with E-state index in [-0.39, 0.29) is 1.43 Å². The molecule has 0 aliphatic carbocycles. The van der Waals surface area contributed by atoms with Gasteiger partial charge in [-0.3, -0.25) is 0 Å². The number of rotatable bonds is 0. The van der Waals surface area contributed by atoms with Gasteiger partial charge in [0.2, 0.25) is 0 Å². The van der Waals surface area contributed by atoms with Gasteiger partial charge in [-0.15, -0.1) is 0 Å². The van der Waals surface area contributed by atoms with Crippen LogP contribution in [0.4, 0.5) is 11.4 Å². The Morgan fingerprint density at radius 2 is 1.24 bits per heavy atom. The van der Waals surface area contributed by atoms with Crippen molar-refractivity contribution in [3.63, 3.8) is 0 Å². The van der Waals surface area contributed by atoms with Gasteiger partial charge in [-0.2, -0.15) is 0 Å². The lowest BCUT2D eigenvalue weighted by atomic mass is 9.96. The molecule has 0 saturated carbocycles. The van der Waals surface area contributed by atoms with Gasteiger partial charge >= 0.3 is 0 Å². The van der Waals surface area contributed by atoms with Crippen molar-refractivity contribution < 1.29 is 0 Å². The van der Waals surface area contributed by atoms with Gasteiger partial charge in [-0.1, -0.05) is 81.6 Å². The standard InChI is InChI=1S/C14H11I2N/c1-17-12-8-4-2-6-10(12)14(15,16)11-7-3-5-9-13(11)17/h2-9H,1H3. The molecule has 1 nitrogen and oxygen atoms in total. The van der Waals surface area contributed by atoms with Crippen LogP contribution in [-0.2, 0) is 1.43 Å². The molecule has 0 spiro atoms. The fraction of sp³-hybridized carbons (Fsp3) is 0.143. The zero-order valence-corrected chi connectivity index (χ0v) is 13.6. The summed E-state index contributed by atoms with van der Waals surface area (Å²) in [5.41, 5.74) is 5.36. The summed E-state index contributed by atoms with van der Waals surface area (Å²) in [6.07, 6.45) is 0. The molecule has 0 amide bonds. The minimum absolute atomic E-state index is 0.0230. The lowest BCUT2D eigenvalue weighted by Crippen LogP contribution is -2.26. The van der Waals surface area contributed by atoms with Gasteiger partial charge in [0.05, 0.1) is 0 Å². The molecular weight excluding hydrogens is 436 g/mol. The fourth-order valence-corrected chi connectivity index (χ4v) is 4.16. The van der Waals surface area contributed by atoms with Crippen molar-refractivity contribution in [3.8, 4) is 0 Å². The summed E-state index contributed by atoms with van der Waals surface area (Å²) in [6.45, 7) is 0. The third-order valence-electron chi connectivity index (χ3n) is 3.21. The minimum Gasteiger partial charge on any atom is -0.344 e. The van der Waals surface area contributed by atoms with Crippen LogP contribution in [0.2, 0.25) is 0 Å². The molecule has 2 aromatic carbocycles. The van der Waals surface area contributed by atoms with E-state index in [1.54, 1.807) is 0 Å². The quantitative estimate of drug-likeness (QED) is 0.413. The van der Waals surface area contributed by atoms with Crippen LogP contribution in [-0.4, -0.2) is 7.05 Å². The SMILES string of the molecule is CN1c2ccccc2C(I)(I)c2ccccc21. The van der Waals surface area contributed by atoms with Crippen LogP contribution in [0.3, 0.4) is 0 Å². The maximum absolute atomic E-state index is 2.54. The van der Waals surface area contributed by atoms with E-state index in [0.29, 0.717) is 0 Å². The second-order valence-electron chi connectivity index (χ2n) is 4.17. The monoisotopic (exact) mass is 447 g/mol. The molecule has 0 bridgehead atoms. The maximum Gasteiger partial charge on any atom is 0.127 e.